The van der Waals surface area contributed by atoms with Gasteiger partial charge in [0.15, 0.2) is 0 Å². The van der Waals surface area contributed by atoms with E-state index in [0.29, 0.717) is 15.4 Å². The van der Waals surface area contributed by atoms with E-state index in [9.17, 15) is 19.2 Å². The minimum atomic E-state index is -0.813. The molecule has 2 aliphatic carbocycles. The minimum Gasteiger partial charge on any atom is -0.330 e. The van der Waals surface area contributed by atoms with Gasteiger partial charge in [0.1, 0.15) is 23.5 Å². The fourth-order valence-corrected chi connectivity index (χ4v) is 14.4. The molecule has 3 amide bonds. The van der Waals surface area contributed by atoms with E-state index in [-0.39, 0.29) is 43.2 Å². The van der Waals surface area contributed by atoms with Gasteiger partial charge in [-0.2, -0.15) is 9.13 Å². The molecule has 4 unspecified atom stereocenters. The van der Waals surface area contributed by atoms with E-state index in [1.807, 2.05) is 36.4 Å². The zero-order valence-electron chi connectivity index (χ0n) is 41.7. The largest absolute Gasteiger partial charge is 0.333 e. The van der Waals surface area contributed by atoms with Crippen LogP contribution in [0.5, 0.6) is 0 Å². The second-order valence-corrected chi connectivity index (χ2v) is 22.7. The van der Waals surface area contributed by atoms with Crippen LogP contribution in [0.3, 0.4) is 0 Å². The molecular formula is C59H49N9O5S4+2. The Morgan fingerprint density at radius 1 is 0.623 bits per heavy atom. The van der Waals surface area contributed by atoms with Crippen LogP contribution in [0.25, 0.3) is 32.6 Å². The number of hydrogen-bond acceptors (Lipinski definition) is 13. The number of rotatable bonds is 14. The summed E-state index contributed by atoms with van der Waals surface area (Å²) < 4.78 is 8.50. The average molecular weight is 1090 g/mol. The monoisotopic (exact) mass is 1090 g/mol. The Morgan fingerprint density at radius 2 is 1.08 bits per heavy atom. The Balaban J connectivity index is 0.949. The molecule has 12 rings (SSSR count). The molecule has 0 bridgehead atoms. The molecule has 3 aromatic heterocycles. The number of fused-ring (bicyclic) bond motifs is 4. The topological polar surface area (TPSA) is 138 Å². The van der Waals surface area contributed by atoms with Crippen LogP contribution >= 0.6 is 46.2 Å². The second kappa shape index (κ2) is 21.5. The highest BCUT2D eigenvalue weighted by Gasteiger charge is 2.39. The number of benzene rings is 4. The maximum Gasteiger partial charge on any atom is 0.333 e. The van der Waals surface area contributed by atoms with E-state index in [1.165, 1.54) is 32.9 Å². The SMILES string of the molecule is C[n+]1c(/C=C2\C=C(Sc3nnc(SC4=C/C(=C\c5sc6ccccc6[n+]5C)C5C=CC=CC5N4c4ccccc4)n3NC(=O)CCCC(=O)ON3C(=O)C=CC3=O)N(c3ccccc3)C3C=CC=CC23)sc2ccccc21. The Morgan fingerprint density at radius 3 is 1.56 bits per heavy atom. The number of amides is 3. The van der Waals surface area contributed by atoms with Gasteiger partial charge in [0.05, 0.1) is 22.1 Å². The fourth-order valence-electron chi connectivity index (χ4n) is 10.1. The molecule has 18 heteroatoms. The van der Waals surface area contributed by atoms with Crippen molar-refractivity contribution in [3.05, 3.63) is 213 Å². The number of thioether (sulfide) groups is 2. The third kappa shape index (κ3) is 9.96. The molecule has 0 spiro atoms. The number of para-hydroxylation sites is 4. The van der Waals surface area contributed by atoms with Gasteiger partial charge in [-0.1, -0.05) is 137 Å². The van der Waals surface area contributed by atoms with Crippen LogP contribution in [0.15, 0.2) is 214 Å². The third-order valence-corrected chi connectivity index (χ3v) is 18.1. The van der Waals surface area contributed by atoms with Crippen LogP contribution in [-0.4, -0.2) is 55.7 Å². The predicted octanol–water partition coefficient (Wildman–Crippen LogP) is 10.3. The van der Waals surface area contributed by atoms with E-state index in [2.05, 4.69) is 184 Å². The van der Waals surface area contributed by atoms with Gasteiger partial charge in [-0.15, -0.1) is 10.2 Å². The summed E-state index contributed by atoms with van der Waals surface area (Å²) in [6.07, 6.45) is 28.2. The van der Waals surface area contributed by atoms with Crippen molar-refractivity contribution in [3.63, 3.8) is 0 Å². The van der Waals surface area contributed by atoms with E-state index in [1.54, 1.807) is 27.3 Å². The Bertz CT molecular complexity index is 3580. The zero-order valence-corrected chi connectivity index (χ0v) is 44.9. The van der Waals surface area contributed by atoms with E-state index in [0.717, 1.165) is 65.8 Å². The molecule has 5 aliphatic rings. The summed E-state index contributed by atoms with van der Waals surface area (Å²) in [5.41, 5.74) is 9.62. The molecule has 0 saturated heterocycles. The molecule has 6 heterocycles. The van der Waals surface area contributed by atoms with E-state index < -0.39 is 23.7 Å². The van der Waals surface area contributed by atoms with Gasteiger partial charge < -0.3 is 14.6 Å². The lowest BCUT2D eigenvalue weighted by Gasteiger charge is -2.42. The lowest BCUT2D eigenvalue weighted by molar-refractivity contribution is -0.642. The normalized spacial score (nSPS) is 20.6. The first kappa shape index (κ1) is 49.7. The van der Waals surface area contributed by atoms with Crippen LogP contribution < -0.4 is 24.4 Å². The van der Waals surface area contributed by atoms with Crippen LogP contribution in [0.4, 0.5) is 11.4 Å². The van der Waals surface area contributed by atoms with Crippen molar-refractivity contribution >= 4 is 114 Å². The molecule has 3 aliphatic heterocycles. The standard InChI is InChI=1S/C59H48N9O5S4/c1-63-46-26-13-15-28-48(46)74-53(63)34-38-36-55(65(40-18-5-3-6-19-40)44-24-11-9-22-42(38)44)76-58-60-61-59(67(58)62-50(69)30-17-31-57(72)73-68-51(70)32-33-52(68)71)77-56-37-39(35-54-64(2)47-27-14-16-29-49(47)75-54)43-23-10-12-25-45(43)66(56)41-20-7-4-8-21-41/h3-16,18-29,32-37,42-45H,17,30-31H2,1-2H3/q+1/p+1. The third-order valence-electron chi connectivity index (χ3n) is 13.8. The summed E-state index contributed by atoms with van der Waals surface area (Å²) in [6, 6.07) is 37.2. The van der Waals surface area contributed by atoms with Gasteiger partial charge in [-0.05, 0) is 89.6 Å². The van der Waals surface area contributed by atoms with Gasteiger partial charge in [-0.25, -0.2) is 9.47 Å². The molecule has 1 N–H and O–H groups in total. The average Bonchev–Trinajstić information content (AvgIpc) is 4.21. The van der Waals surface area contributed by atoms with Gasteiger partial charge in [-0.3, -0.25) is 19.8 Å². The van der Waals surface area contributed by atoms with Crippen LogP contribution in [-0.2, 0) is 38.1 Å². The van der Waals surface area contributed by atoms with Gasteiger partial charge in [0.2, 0.25) is 27.3 Å². The van der Waals surface area contributed by atoms with E-state index >= 15 is 0 Å². The molecule has 4 aromatic carbocycles. The molecule has 0 saturated carbocycles. The van der Waals surface area contributed by atoms with Crippen molar-refractivity contribution in [2.75, 3.05) is 15.2 Å². The smallest absolute Gasteiger partial charge is 0.330 e. The summed E-state index contributed by atoms with van der Waals surface area (Å²) >= 11 is 6.28. The highest BCUT2D eigenvalue weighted by Crippen LogP contribution is 2.47. The number of anilines is 2. The fraction of sp³-hybridized carbons (Fsp3) is 0.153. The molecular weight excluding hydrogens is 1040 g/mol. The van der Waals surface area contributed by atoms with Gasteiger partial charge >= 0.3 is 5.97 Å². The quantitative estimate of drug-likeness (QED) is 0.0823. The van der Waals surface area contributed by atoms with Crippen molar-refractivity contribution in [3.8, 4) is 0 Å². The lowest BCUT2D eigenvalue weighted by atomic mass is 9.84. The molecule has 382 valence electrons. The Labute approximate surface area is 460 Å². The highest BCUT2D eigenvalue weighted by molar-refractivity contribution is 8.03. The number of carbonyl (C=O) groups excluding carboxylic acids is 4. The zero-order chi connectivity index (χ0) is 52.6. The van der Waals surface area contributed by atoms with Crippen molar-refractivity contribution in [1.29, 1.82) is 0 Å². The number of hydroxylamine groups is 2. The maximum atomic E-state index is 14.3. The number of carbonyl (C=O) groups is 4. The van der Waals surface area contributed by atoms with Crippen molar-refractivity contribution in [1.82, 2.24) is 19.9 Å². The number of nitrogens with zero attached hydrogens (tertiary/aromatic N) is 8. The summed E-state index contributed by atoms with van der Waals surface area (Å²) in [5, 5.41) is 14.9. The predicted molar refractivity (Wildman–Crippen MR) is 304 cm³/mol. The number of allylic oxidation sites excluding steroid dienone is 6. The number of nitrogens with one attached hydrogen (secondary N) is 1. The summed E-state index contributed by atoms with van der Waals surface area (Å²) in [4.78, 5) is 61.0. The number of thiazole rings is 2. The van der Waals surface area contributed by atoms with Gasteiger partial charge in [0, 0.05) is 72.5 Å². The molecule has 77 heavy (non-hydrogen) atoms. The van der Waals surface area contributed by atoms with Crippen molar-refractivity contribution in [2.24, 2.45) is 25.9 Å². The number of aromatic nitrogens is 5. The van der Waals surface area contributed by atoms with Gasteiger partial charge in [0.25, 0.3) is 21.8 Å². The van der Waals surface area contributed by atoms with Crippen LogP contribution in [0.2, 0.25) is 0 Å². The van der Waals surface area contributed by atoms with E-state index in [4.69, 9.17) is 15.0 Å². The number of hydrogen-bond donors (Lipinski definition) is 1. The van der Waals surface area contributed by atoms with Crippen molar-refractivity contribution < 1.29 is 33.1 Å². The first-order valence-electron chi connectivity index (χ1n) is 25.0. The Hall–Kier alpha value is -8.16. The number of imide groups is 1. The first-order valence-corrected chi connectivity index (χ1v) is 28.3. The van der Waals surface area contributed by atoms with Crippen LogP contribution in [0.1, 0.15) is 29.3 Å². The summed E-state index contributed by atoms with van der Waals surface area (Å²) in [7, 11) is 4.20. The Kier molecular flexibility index (Phi) is 13.9. The van der Waals surface area contributed by atoms with Crippen LogP contribution in [0, 0.1) is 11.8 Å². The molecule has 7 aromatic rings. The molecule has 14 nitrogen and oxygen atoms in total. The molecule has 4 atom stereocenters. The summed E-state index contributed by atoms with van der Waals surface area (Å²) in [5.74, 6) is -2.69. The maximum absolute atomic E-state index is 14.3. The molecule has 0 radical (unpaired) electrons. The second-order valence-electron chi connectivity index (χ2n) is 18.6. The molecule has 0 fully saturated rings. The summed E-state index contributed by atoms with van der Waals surface area (Å²) in [6.45, 7) is 0. The highest BCUT2D eigenvalue weighted by atomic mass is 32.2. The minimum absolute atomic E-state index is 0.00911. The first-order chi connectivity index (χ1) is 37.6. The lowest BCUT2D eigenvalue weighted by Crippen LogP contribution is -2.42. The van der Waals surface area contributed by atoms with Crippen molar-refractivity contribution in [2.45, 2.75) is 41.7 Å². The number of aryl methyl sites for hydroxylation is 2.